The molecule has 0 atom stereocenters. The average molecular weight is 859 g/mol. The van der Waals surface area contributed by atoms with Gasteiger partial charge in [-0.1, -0.05) is 36.4 Å². The molecule has 0 spiro atoms. The van der Waals surface area contributed by atoms with Crippen molar-refractivity contribution in [3.63, 3.8) is 0 Å². The smallest absolute Gasteiger partial charge is 0.344 e. The Kier molecular flexibility index (Phi) is 14.6. The molecular weight excluding hydrogens is 813 g/mol. The Bertz CT molecular complexity index is 3070. The normalized spacial score (nSPS) is 10.3. The van der Waals surface area contributed by atoms with Crippen LogP contribution in [0.15, 0.2) is 169 Å². The quantitative estimate of drug-likeness (QED) is 0.0544. The molecule has 0 bridgehead atoms. The summed E-state index contributed by atoms with van der Waals surface area (Å²) in [5.41, 5.74) is 12.6. The second-order valence-electron chi connectivity index (χ2n) is 14.5. The Labute approximate surface area is 368 Å². The number of hydrogen-bond donors (Lipinski definition) is 3. The number of carbonyl (C=O) groups is 1. The second-order valence-corrected chi connectivity index (χ2v) is 14.5. The Morgan fingerprint density at radius 3 is 1.53 bits per heavy atom. The van der Waals surface area contributed by atoms with Crippen LogP contribution in [0.5, 0.6) is 11.5 Å². The summed E-state index contributed by atoms with van der Waals surface area (Å²) in [5.74, 6) is 0.994. The summed E-state index contributed by atoms with van der Waals surface area (Å²) in [6.45, 7) is 0. The van der Waals surface area contributed by atoms with E-state index < -0.39 is 11.3 Å². The van der Waals surface area contributed by atoms with Gasteiger partial charge in [0.05, 0.1) is 31.0 Å². The number of ether oxygens (including phenoxy) is 2. The topological polar surface area (TPSA) is 182 Å². The third-order valence-electron chi connectivity index (χ3n) is 9.73. The lowest BCUT2D eigenvalue weighted by Gasteiger charge is -2.14. The fraction of sp³-hybridized carbons (Fsp3) is 0.120. The summed E-state index contributed by atoms with van der Waals surface area (Å²) in [5, 5.41) is 7.25. The molecule has 8 aromatic rings. The number of methoxy groups -OCH3 is 2. The molecule has 2 heterocycles. The third-order valence-corrected chi connectivity index (χ3v) is 9.73. The van der Waals surface area contributed by atoms with Crippen LogP contribution in [0.2, 0.25) is 0 Å². The maximum Gasteiger partial charge on any atom is 0.344 e. The molecule has 2 amide bonds. The van der Waals surface area contributed by atoms with E-state index in [2.05, 4.69) is 15.6 Å². The van der Waals surface area contributed by atoms with Crippen LogP contribution in [0.3, 0.4) is 0 Å². The highest BCUT2D eigenvalue weighted by atomic mass is 16.5. The molecular formula is C50H46N6O8. The van der Waals surface area contributed by atoms with Crippen molar-refractivity contribution >= 4 is 68.2 Å². The molecule has 0 saturated carbocycles. The van der Waals surface area contributed by atoms with Crippen LogP contribution in [-0.2, 0) is 4.79 Å². The molecule has 0 fully saturated rings. The lowest BCUT2D eigenvalue weighted by molar-refractivity contribution is 0.262. The van der Waals surface area contributed by atoms with Crippen LogP contribution in [0.4, 0.5) is 38.9 Å². The van der Waals surface area contributed by atoms with Crippen LogP contribution in [0, 0.1) is 0 Å². The number of nitrogens with two attached hydrogens (primary N) is 1. The van der Waals surface area contributed by atoms with Crippen molar-refractivity contribution in [2.24, 2.45) is 4.99 Å². The highest BCUT2D eigenvalue weighted by Crippen LogP contribution is 2.33. The largest absolute Gasteiger partial charge is 0.496 e. The molecule has 4 N–H and O–H groups in total. The van der Waals surface area contributed by atoms with E-state index in [-0.39, 0.29) is 6.03 Å². The van der Waals surface area contributed by atoms with Crippen molar-refractivity contribution in [3.8, 4) is 33.8 Å². The van der Waals surface area contributed by atoms with Crippen molar-refractivity contribution in [2.45, 2.75) is 0 Å². The van der Waals surface area contributed by atoms with Gasteiger partial charge in [-0.05, 0) is 97.1 Å². The zero-order valence-corrected chi connectivity index (χ0v) is 36.0. The first kappa shape index (κ1) is 44.9. The number of anilines is 5. The number of benzene rings is 6. The fourth-order valence-corrected chi connectivity index (χ4v) is 6.44. The van der Waals surface area contributed by atoms with Gasteiger partial charge in [0, 0.05) is 90.7 Å². The molecule has 64 heavy (non-hydrogen) atoms. The van der Waals surface area contributed by atoms with Crippen LogP contribution in [-0.4, -0.2) is 54.5 Å². The molecule has 14 heteroatoms. The maximum atomic E-state index is 12.5. The number of nitrogens with one attached hydrogen (secondary N) is 2. The molecule has 2 aromatic heterocycles. The minimum atomic E-state index is -0.457. The molecule has 0 radical (unpaired) electrons. The first-order chi connectivity index (χ1) is 30.9. The van der Waals surface area contributed by atoms with Crippen LogP contribution in [0.25, 0.3) is 44.2 Å². The summed E-state index contributed by atoms with van der Waals surface area (Å²) in [7, 11) is 10.9. The Morgan fingerprint density at radius 2 is 1.03 bits per heavy atom. The van der Waals surface area contributed by atoms with Gasteiger partial charge in [-0.15, -0.1) is 0 Å². The fourth-order valence-electron chi connectivity index (χ4n) is 6.44. The predicted octanol–water partition coefficient (Wildman–Crippen LogP) is 9.95. The monoisotopic (exact) mass is 858 g/mol. The van der Waals surface area contributed by atoms with Gasteiger partial charge in [-0.2, -0.15) is 4.99 Å². The number of nitrogen functional groups attached to an aromatic ring is 1. The second kappa shape index (κ2) is 20.8. The van der Waals surface area contributed by atoms with E-state index in [0.29, 0.717) is 67.7 Å². The lowest BCUT2D eigenvalue weighted by atomic mass is 10.0. The van der Waals surface area contributed by atoms with E-state index in [1.807, 2.05) is 111 Å². The minimum Gasteiger partial charge on any atom is -0.496 e. The molecule has 0 aliphatic rings. The van der Waals surface area contributed by atoms with Gasteiger partial charge in [0.2, 0.25) is 6.08 Å². The third kappa shape index (κ3) is 11.2. The van der Waals surface area contributed by atoms with E-state index in [0.717, 1.165) is 22.1 Å². The van der Waals surface area contributed by atoms with Crippen molar-refractivity contribution in [3.05, 3.63) is 166 Å². The van der Waals surface area contributed by atoms with E-state index in [1.165, 1.54) is 13.2 Å². The van der Waals surface area contributed by atoms with Gasteiger partial charge in [0.1, 0.15) is 22.7 Å². The van der Waals surface area contributed by atoms with Gasteiger partial charge < -0.3 is 44.5 Å². The molecule has 0 aliphatic carbocycles. The molecule has 14 nitrogen and oxygen atoms in total. The molecule has 0 saturated heterocycles. The Balaban J connectivity index is 0.000000180. The Morgan fingerprint density at radius 1 is 0.578 bits per heavy atom. The maximum absolute atomic E-state index is 12.5. The van der Waals surface area contributed by atoms with Crippen LogP contribution in [0.1, 0.15) is 0 Å². The first-order valence-corrected chi connectivity index (χ1v) is 19.8. The number of amides is 2. The number of aliphatic imine (C=N–C) groups is 1. The number of hydrogen-bond acceptors (Lipinski definition) is 12. The predicted molar refractivity (Wildman–Crippen MR) is 255 cm³/mol. The zero-order valence-electron chi connectivity index (χ0n) is 36.0. The average Bonchev–Trinajstić information content (AvgIpc) is 3.29. The van der Waals surface area contributed by atoms with E-state index in [1.54, 1.807) is 79.9 Å². The van der Waals surface area contributed by atoms with Gasteiger partial charge in [0.15, 0.2) is 0 Å². The van der Waals surface area contributed by atoms with Crippen molar-refractivity contribution in [2.75, 3.05) is 68.6 Å². The minimum absolute atomic E-state index is 0.386. The summed E-state index contributed by atoms with van der Waals surface area (Å²) in [6.07, 6.45) is 1.49. The molecule has 6 aromatic carbocycles. The molecule has 0 aliphatic heterocycles. The van der Waals surface area contributed by atoms with E-state index in [4.69, 9.17) is 24.0 Å². The molecule has 0 unspecified atom stereocenters. The Hall–Kier alpha value is -8.61. The highest BCUT2D eigenvalue weighted by molar-refractivity contribution is 6.00. The number of carbonyl (C=O) groups excluding carboxylic acids is 2. The van der Waals surface area contributed by atoms with Crippen LogP contribution < -0.4 is 46.9 Å². The van der Waals surface area contributed by atoms with E-state index >= 15 is 0 Å². The summed E-state index contributed by atoms with van der Waals surface area (Å²) < 4.78 is 21.5. The molecule has 8 rings (SSSR count). The van der Waals surface area contributed by atoms with Gasteiger partial charge >= 0.3 is 17.3 Å². The van der Waals surface area contributed by atoms with Crippen molar-refractivity contribution < 1.29 is 27.9 Å². The van der Waals surface area contributed by atoms with Gasteiger partial charge in [0.25, 0.3) is 0 Å². The first-order valence-electron chi connectivity index (χ1n) is 19.8. The highest BCUT2D eigenvalue weighted by Gasteiger charge is 2.15. The molecule has 324 valence electrons. The number of fused-ring (bicyclic) bond motifs is 2. The standard InChI is InChI=1S/C25H23N3O4.C16H13NO3.C9H10N2O/c1-28(2)19-11-8-17(9-12-19)26-25(30)27-18-10-13-20(23(15-18)31-3)21-14-16-6-4-5-7-22(16)32-24(21)29;1-19-15-9-11(17)6-7-12(15)13-8-10-4-2-3-5-14(10)20-16(13)18;1-11(2)9-5-3-8(4-6-9)10-7-12/h4-15H,1-3H3,(H2,26,27,30);2-9H,17H2,1H3;3-6H,1-2H3. The lowest BCUT2D eigenvalue weighted by Crippen LogP contribution is -2.19. The number of isocyanates is 1. The van der Waals surface area contributed by atoms with Crippen molar-refractivity contribution in [1.29, 1.82) is 0 Å². The zero-order chi connectivity index (χ0) is 45.8. The van der Waals surface area contributed by atoms with E-state index in [9.17, 15) is 19.2 Å². The van der Waals surface area contributed by atoms with Crippen LogP contribution >= 0.6 is 0 Å². The summed E-state index contributed by atoms with van der Waals surface area (Å²) in [6, 6.07) is 43.0. The number of rotatable bonds is 9. The number of urea groups is 1. The summed E-state index contributed by atoms with van der Waals surface area (Å²) in [4.78, 5) is 54.4. The number of para-hydroxylation sites is 2. The van der Waals surface area contributed by atoms with Gasteiger partial charge in [-0.25, -0.2) is 19.2 Å². The SMILES string of the molecule is CN(C)c1ccc(N=C=O)cc1.COc1cc(N)ccc1-c1cc2ccccc2oc1=O.COc1cc(NC(=O)Nc2ccc(N(C)C)cc2)ccc1-c1cc2ccccc2oc1=O. The number of nitrogens with zero attached hydrogens (tertiary/aromatic N) is 3. The van der Waals surface area contributed by atoms with Gasteiger partial charge in [-0.3, -0.25) is 0 Å². The van der Waals surface area contributed by atoms with Crippen molar-refractivity contribution in [1.82, 2.24) is 0 Å². The summed E-state index contributed by atoms with van der Waals surface area (Å²) >= 11 is 0.